The minimum atomic E-state index is -0.746. The van der Waals surface area contributed by atoms with Crippen LogP contribution in [0.2, 0.25) is 5.02 Å². The molecule has 40 heavy (non-hydrogen) atoms. The second kappa shape index (κ2) is 10.2. The second-order valence-electron chi connectivity index (χ2n) is 10.7. The van der Waals surface area contributed by atoms with E-state index < -0.39 is 17.5 Å². The summed E-state index contributed by atoms with van der Waals surface area (Å²) in [4.78, 5) is 17.2. The van der Waals surface area contributed by atoms with Crippen molar-refractivity contribution >= 4 is 55.0 Å². The number of rotatable bonds is 5. The predicted octanol–water partition coefficient (Wildman–Crippen LogP) is 7.18. The first-order valence-corrected chi connectivity index (χ1v) is 13.9. The van der Waals surface area contributed by atoms with Crippen molar-refractivity contribution < 1.29 is 28.1 Å². The predicted molar refractivity (Wildman–Crippen MR) is 150 cm³/mol. The van der Waals surface area contributed by atoms with Crippen LogP contribution in [-0.2, 0) is 27.4 Å². The topological polar surface area (TPSA) is 103 Å². The van der Waals surface area contributed by atoms with E-state index in [0.29, 0.717) is 71.9 Å². The summed E-state index contributed by atoms with van der Waals surface area (Å²) in [5, 5.41) is 14.5. The monoisotopic (exact) mass is 581 g/mol. The van der Waals surface area contributed by atoms with Crippen molar-refractivity contribution in [3.05, 3.63) is 51.8 Å². The number of nitrogens with zero attached hydrogens (tertiary/aromatic N) is 2. The Balaban J connectivity index is 1.51. The number of fused-ring (bicyclic) bond motifs is 4. The van der Waals surface area contributed by atoms with Crippen molar-refractivity contribution in [2.24, 2.45) is 5.92 Å². The molecule has 0 spiro atoms. The molecule has 8 nitrogen and oxygen atoms in total. The zero-order valence-corrected chi connectivity index (χ0v) is 23.6. The normalized spacial score (nSPS) is 15.1. The molecule has 206 valence electrons. The zero-order valence-electron chi connectivity index (χ0n) is 22.0. The van der Waals surface area contributed by atoms with Gasteiger partial charge in [-0.25, -0.2) is 14.2 Å². The van der Waals surface area contributed by atoms with E-state index in [1.807, 2.05) is 12.1 Å². The van der Waals surface area contributed by atoms with Crippen molar-refractivity contribution in [2.75, 3.05) is 25.1 Å². The highest BCUT2D eigenvalue weighted by Gasteiger charge is 2.29. The first-order chi connectivity index (χ1) is 19.1. The molecule has 0 saturated carbocycles. The molecule has 2 aliphatic rings. The molecule has 1 N–H and O–H groups in total. The Hall–Kier alpha value is -3.49. The van der Waals surface area contributed by atoms with Crippen LogP contribution < -0.4 is 10.1 Å². The SMILES string of the molecule is CC(C)(C)OC(=O)Nc1sc2c(F)ccc(-c3c4c(c5ccc(OCC6COC6)nc5c3Cl)COC4)c2c1C#N. The number of nitriles is 1. The number of carbonyl (C=O) groups is 1. The summed E-state index contributed by atoms with van der Waals surface area (Å²) >= 11 is 8.05. The van der Waals surface area contributed by atoms with Crippen molar-refractivity contribution in [3.63, 3.8) is 0 Å². The zero-order chi connectivity index (χ0) is 28.2. The summed E-state index contributed by atoms with van der Waals surface area (Å²) in [6.07, 6.45) is -0.735. The van der Waals surface area contributed by atoms with Gasteiger partial charge in [0.2, 0.25) is 5.88 Å². The molecule has 1 fully saturated rings. The highest BCUT2D eigenvalue weighted by molar-refractivity contribution is 7.23. The van der Waals surface area contributed by atoms with E-state index in [0.717, 1.165) is 27.8 Å². The fourth-order valence-corrected chi connectivity index (χ4v) is 6.34. The summed E-state index contributed by atoms with van der Waals surface area (Å²) in [5.74, 6) is 0.250. The van der Waals surface area contributed by atoms with Crippen LogP contribution in [0.5, 0.6) is 5.88 Å². The Bertz CT molecular complexity index is 1720. The Morgan fingerprint density at radius 2 is 2.00 bits per heavy atom. The third kappa shape index (κ3) is 4.73. The average molecular weight is 582 g/mol. The first kappa shape index (κ1) is 26.7. The molecule has 0 atom stereocenters. The Morgan fingerprint density at radius 3 is 2.70 bits per heavy atom. The molecule has 4 heterocycles. The van der Waals surface area contributed by atoms with Crippen LogP contribution >= 0.6 is 22.9 Å². The maximum Gasteiger partial charge on any atom is 0.412 e. The van der Waals surface area contributed by atoms with Crippen LogP contribution in [0, 0.1) is 23.1 Å². The summed E-state index contributed by atoms with van der Waals surface area (Å²) < 4.78 is 37.7. The van der Waals surface area contributed by atoms with Crippen LogP contribution in [0.15, 0.2) is 24.3 Å². The molecule has 1 amide bonds. The van der Waals surface area contributed by atoms with Gasteiger partial charge in [0.05, 0.1) is 53.8 Å². The molecule has 0 unspecified atom stereocenters. The molecule has 2 aromatic carbocycles. The summed E-state index contributed by atoms with van der Waals surface area (Å²) in [6, 6.07) is 8.82. The molecule has 0 radical (unpaired) electrons. The third-order valence-electron chi connectivity index (χ3n) is 6.74. The number of hydrogen-bond acceptors (Lipinski definition) is 8. The van der Waals surface area contributed by atoms with Gasteiger partial charge in [-0.05, 0) is 49.6 Å². The molecule has 11 heteroatoms. The standard InChI is InChI=1S/C29H25ClFN3O5S/c1-29(2,3)39-28(35)34-27-17(8-32)23-16(4-6-20(31)26(23)40-27)22-19-13-37-12-18(19)15-5-7-21(33-25(15)24(22)30)38-11-14-9-36-10-14/h4-7,14H,9-13H2,1-3H3,(H,34,35). The van der Waals surface area contributed by atoms with Gasteiger partial charge in [0, 0.05) is 28.3 Å². The van der Waals surface area contributed by atoms with E-state index in [2.05, 4.69) is 11.4 Å². The molecular weight excluding hydrogens is 557 g/mol. The number of amides is 1. The number of thiophene rings is 1. The van der Waals surface area contributed by atoms with Crippen LogP contribution in [0.1, 0.15) is 37.5 Å². The van der Waals surface area contributed by atoms with Gasteiger partial charge in [0.15, 0.2) is 0 Å². The number of anilines is 1. The number of nitrogens with one attached hydrogen (secondary N) is 1. The maximum absolute atomic E-state index is 15.1. The van der Waals surface area contributed by atoms with E-state index in [-0.39, 0.29) is 15.3 Å². The molecular formula is C29H25ClFN3O5S. The highest BCUT2D eigenvalue weighted by Crippen LogP contribution is 2.48. The van der Waals surface area contributed by atoms with Gasteiger partial charge in [-0.1, -0.05) is 17.7 Å². The fourth-order valence-electron chi connectivity index (χ4n) is 4.91. The lowest BCUT2D eigenvalue weighted by molar-refractivity contribution is -0.0513. The van der Waals surface area contributed by atoms with E-state index >= 15 is 4.39 Å². The summed E-state index contributed by atoms with van der Waals surface area (Å²) in [6.45, 7) is 7.68. The average Bonchev–Trinajstić information content (AvgIpc) is 3.48. The lowest BCUT2D eigenvalue weighted by Crippen LogP contribution is -2.32. The van der Waals surface area contributed by atoms with Gasteiger partial charge in [0.25, 0.3) is 0 Å². The van der Waals surface area contributed by atoms with E-state index in [9.17, 15) is 10.1 Å². The number of ether oxygens (including phenoxy) is 4. The Labute approximate surface area is 238 Å². The van der Waals surface area contributed by atoms with Crippen molar-refractivity contribution in [2.45, 2.75) is 39.6 Å². The highest BCUT2D eigenvalue weighted by atomic mass is 35.5. The quantitative estimate of drug-likeness (QED) is 0.266. The van der Waals surface area contributed by atoms with Crippen LogP contribution in [0.4, 0.5) is 14.2 Å². The van der Waals surface area contributed by atoms with Crippen molar-refractivity contribution in [1.82, 2.24) is 4.98 Å². The minimum Gasteiger partial charge on any atom is -0.477 e. The molecule has 0 bridgehead atoms. The lowest BCUT2D eigenvalue weighted by atomic mass is 9.91. The van der Waals surface area contributed by atoms with Crippen molar-refractivity contribution in [1.29, 1.82) is 5.26 Å². The van der Waals surface area contributed by atoms with Crippen LogP contribution in [-0.4, -0.2) is 36.5 Å². The lowest BCUT2D eigenvalue weighted by Gasteiger charge is -2.25. The van der Waals surface area contributed by atoms with Crippen LogP contribution in [0.25, 0.3) is 32.1 Å². The molecule has 6 rings (SSSR count). The van der Waals surface area contributed by atoms with Gasteiger partial charge in [-0.15, -0.1) is 11.3 Å². The van der Waals surface area contributed by atoms with Gasteiger partial charge >= 0.3 is 6.09 Å². The third-order valence-corrected chi connectivity index (χ3v) is 8.22. The number of hydrogen-bond donors (Lipinski definition) is 1. The molecule has 1 saturated heterocycles. The number of carbonyl (C=O) groups excluding carboxylic acids is 1. The Kier molecular flexibility index (Phi) is 6.79. The smallest absolute Gasteiger partial charge is 0.412 e. The second-order valence-corrected chi connectivity index (χ2v) is 12.1. The van der Waals surface area contributed by atoms with E-state index in [1.54, 1.807) is 26.8 Å². The molecule has 0 aliphatic carbocycles. The Morgan fingerprint density at radius 1 is 1.23 bits per heavy atom. The van der Waals surface area contributed by atoms with Gasteiger partial charge < -0.3 is 18.9 Å². The largest absolute Gasteiger partial charge is 0.477 e. The maximum atomic E-state index is 15.1. The number of benzene rings is 2. The fraction of sp³-hybridized carbons (Fsp3) is 0.345. The van der Waals surface area contributed by atoms with Gasteiger partial charge in [0.1, 0.15) is 22.5 Å². The van der Waals surface area contributed by atoms with Gasteiger partial charge in [-0.3, -0.25) is 5.32 Å². The van der Waals surface area contributed by atoms with Crippen LogP contribution in [0.3, 0.4) is 0 Å². The minimum absolute atomic E-state index is 0.122. The molecule has 4 aromatic rings. The number of pyridine rings is 1. The molecule has 2 aromatic heterocycles. The van der Waals surface area contributed by atoms with Gasteiger partial charge in [-0.2, -0.15) is 5.26 Å². The first-order valence-electron chi connectivity index (χ1n) is 12.7. The van der Waals surface area contributed by atoms with Crippen molar-refractivity contribution in [3.8, 4) is 23.1 Å². The molecule has 2 aliphatic heterocycles. The number of halogens is 2. The summed E-state index contributed by atoms with van der Waals surface area (Å²) in [7, 11) is 0. The van der Waals surface area contributed by atoms with E-state index in [4.69, 9.17) is 35.5 Å². The summed E-state index contributed by atoms with van der Waals surface area (Å²) in [5.41, 5.74) is 2.85. The number of aromatic nitrogens is 1. The van der Waals surface area contributed by atoms with E-state index in [1.165, 1.54) is 6.07 Å².